The summed E-state index contributed by atoms with van der Waals surface area (Å²) in [5.41, 5.74) is 3.11. The molecule has 1 aromatic heterocycles. The van der Waals surface area contributed by atoms with Crippen molar-refractivity contribution in [2.24, 2.45) is 11.8 Å². The minimum absolute atomic E-state index is 0.177. The fraction of sp³-hybridized carbons (Fsp3) is 0.143. The van der Waals surface area contributed by atoms with Crippen molar-refractivity contribution >= 4 is 5.91 Å². The van der Waals surface area contributed by atoms with Gasteiger partial charge in [0.1, 0.15) is 0 Å². The molecule has 18 heavy (non-hydrogen) atoms. The summed E-state index contributed by atoms with van der Waals surface area (Å²) in [6.07, 6.45) is 12.9. The van der Waals surface area contributed by atoms with E-state index in [0.29, 0.717) is 0 Å². The number of hydrogen-bond acceptors (Lipinski definition) is 3. The molecular weight excluding hydrogens is 226 g/mol. The summed E-state index contributed by atoms with van der Waals surface area (Å²) in [6, 6.07) is 5.72. The molecule has 1 amide bonds. The first-order chi connectivity index (χ1) is 8.79. The van der Waals surface area contributed by atoms with Gasteiger partial charge in [0.15, 0.2) is 0 Å². The number of hydrogen-bond donors (Lipinski definition) is 2. The standard InChI is InChI=1S/C9H12N2O.C5H5N/c1-2-7-5-3-4-6-8(7)9(12)11-10;1-2-4-6-5-3-1/h2-6,8H,10H2,1H3,(H,11,12);1-5H. The summed E-state index contributed by atoms with van der Waals surface area (Å²) in [4.78, 5) is 15.0. The van der Waals surface area contributed by atoms with Crippen molar-refractivity contribution in [3.8, 4) is 0 Å². The van der Waals surface area contributed by atoms with Gasteiger partial charge in [-0.2, -0.15) is 0 Å². The van der Waals surface area contributed by atoms with E-state index in [0.717, 1.165) is 5.57 Å². The van der Waals surface area contributed by atoms with Crippen LogP contribution in [0.2, 0.25) is 0 Å². The van der Waals surface area contributed by atoms with E-state index < -0.39 is 0 Å². The van der Waals surface area contributed by atoms with Gasteiger partial charge in [0, 0.05) is 12.4 Å². The Morgan fingerprint density at radius 2 is 2.06 bits per heavy atom. The molecule has 0 saturated carbocycles. The van der Waals surface area contributed by atoms with Crippen LogP contribution < -0.4 is 11.3 Å². The Bertz CT molecular complexity index is 423. The molecule has 94 valence electrons. The molecule has 3 N–H and O–H groups in total. The zero-order valence-electron chi connectivity index (χ0n) is 10.3. The van der Waals surface area contributed by atoms with E-state index in [1.807, 2.05) is 55.5 Å². The molecule has 4 heteroatoms. The van der Waals surface area contributed by atoms with Crippen LogP contribution in [0.1, 0.15) is 6.92 Å². The fourth-order valence-electron chi connectivity index (χ4n) is 1.47. The quantitative estimate of drug-likeness (QED) is 0.448. The van der Waals surface area contributed by atoms with Gasteiger partial charge in [-0.1, -0.05) is 36.4 Å². The maximum atomic E-state index is 11.2. The highest BCUT2D eigenvalue weighted by Gasteiger charge is 2.17. The topological polar surface area (TPSA) is 68.0 Å². The Morgan fingerprint density at radius 1 is 1.33 bits per heavy atom. The molecule has 1 atom stereocenters. The number of hydrazine groups is 1. The summed E-state index contributed by atoms with van der Waals surface area (Å²) < 4.78 is 0. The van der Waals surface area contributed by atoms with Crippen molar-refractivity contribution in [2.45, 2.75) is 6.92 Å². The molecule has 0 aromatic carbocycles. The molecule has 2 rings (SSSR count). The average molecular weight is 243 g/mol. The third kappa shape index (κ3) is 4.35. The maximum absolute atomic E-state index is 11.2. The van der Waals surface area contributed by atoms with Gasteiger partial charge in [0.25, 0.3) is 0 Å². The highest BCUT2D eigenvalue weighted by Crippen LogP contribution is 2.18. The number of amides is 1. The van der Waals surface area contributed by atoms with Crippen molar-refractivity contribution in [3.63, 3.8) is 0 Å². The van der Waals surface area contributed by atoms with Crippen LogP contribution in [-0.4, -0.2) is 10.9 Å². The predicted octanol–water partition coefficient (Wildman–Crippen LogP) is 1.75. The van der Waals surface area contributed by atoms with Crippen molar-refractivity contribution in [3.05, 3.63) is 66.5 Å². The zero-order chi connectivity index (χ0) is 13.2. The van der Waals surface area contributed by atoms with Gasteiger partial charge in [-0.15, -0.1) is 0 Å². The third-order valence-corrected chi connectivity index (χ3v) is 2.39. The first kappa shape index (κ1) is 13.9. The monoisotopic (exact) mass is 243 g/mol. The molecule has 0 saturated heterocycles. The van der Waals surface area contributed by atoms with Crippen molar-refractivity contribution in [1.29, 1.82) is 0 Å². The van der Waals surface area contributed by atoms with E-state index in [1.54, 1.807) is 12.4 Å². The van der Waals surface area contributed by atoms with Gasteiger partial charge in [0.2, 0.25) is 5.91 Å². The van der Waals surface area contributed by atoms with Crippen molar-refractivity contribution < 1.29 is 4.79 Å². The number of pyridine rings is 1. The molecule has 0 fully saturated rings. The SMILES string of the molecule is CC=C1C=CC=CC1C(=O)NN.c1ccncc1. The largest absolute Gasteiger partial charge is 0.293 e. The van der Waals surface area contributed by atoms with Gasteiger partial charge >= 0.3 is 0 Å². The molecule has 0 bridgehead atoms. The second-order valence-corrected chi connectivity index (χ2v) is 3.54. The van der Waals surface area contributed by atoms with Gasteiger partial charge in [-0.25, -0.2) is 5.84 Å². The number of carbonyl (C=O) groups is 1. The molecule has 1 unspecified atom stereocenters. The minimum atomic E-state index is -0.231. The Morgan fingerprint density at radius 3 is 2.50 bits per heavy atom. The number of rotatable bonds is 1. The molecule has 1 aliphatic rings. The minimum Gasteiger partial charge on any atom is -0.293 e. The van der Waals surface area contributed by atoms with Crippen LogP contribution in [0, 0.1) is 5.92 Å². The van der Waals surface area contributed by atoms with Crippen LogP contribution in [0.3, 0.4) is 0 Å². The lowest BCUT2D eigenvalue weighted by Crippen LogP contribution is -2.36. The predicted molar refractivity (Wildman–Crippen MR) is 72.1 cm³/mol. The molecule has 0 spiro atoms. The number of nitrogens with one attached hydrogen (secondary N) is 1. The smallest absolute Gasteiger partial charge is 0.245 e. The van der Waals surface area contributed by atoms with E-state index in [4.69, 9.17) is 5.84 Å². The number of nitrogens with two attached hydrogens (primary N) is 1. The van der Waals surface area contributed by atoms with Gasteiger partial charge in [0.05, 0.1) is 5.92 Å². The first-order valence-electron chi connectivity index (χ1n) is 5.66. The number of carbonyl (C=O) groups excluding carboxylic acids is 1. The lowest BCUT2D eigenvalue weighted by atomic mass is 9.94. The van der Waals surface area contributed by atoms with Crippen LogP contribution in [0.5, 0.6) is 0 Å². The van der Waals surface area contributed by atoms with Crippen molar-refractivity contribution in [2.75, 3.05) is 0 Å². The Labute approximate surface area is 107 Å². The van der Waals surface area contributed by atoms with Crippen LogP contribution in [0.25, 0.3) is 0 Å². The van der Waals surface area contributed by atoms with Gasteiger partial charge < -0.3 is 0 Å². The van der Waals surface area contributed by atoms with Crippen LogP contribution in [-0.2, 0) is 4.79 Å². The lowest BCUT2D eigenvalue weighted by Gasteiger charge is -2.14. The average Bonchev–Trinajstić information content (AvgIpc) is 2.48. The Kier molecular flexibility index (Phi) is 6.14. The van der Waals surface area contributed by atoms with Gasteiger partial charge in [-0.05, 0) is 24.6 Å². The first-order valence-corrected chi connectivity index (χ1v) is 5.66. The normalized spacial score (nSPS) is 19.0. The number of nitrogens with zero attached hydrogens (tertiary/aromatic N) is 1. The molecule has 1 heterocycles. The maximum Gasteiger partial charge on any atom is 0.245 e. The van der Waals surface area contributed by atoms with E-state index in [9.17, 15) is 4.79 Å². The molecule has 1 aliphatic carbocycles. The number of allylic oxidation sites excluding steroid dienone is 4. The molecule has 0 radical (unpaired) electrons. The highest BCUT2D eigenvalue weighted by atomic mass is 16.2. The zero-order valence-corrected chi connectivity index (χ0v) is 10.3. The molecule has 0 aliphatic heterocycles. The van der Waals surface area contributed by atoms with Crippen LogP contribution in [0.4, 0.5) is 0 Å². The third-order valence-electron chi connectivity index (χ3n) is 2.39. The molecule has 4 nitrogen and oxygen atoms in total. The summed E-state index contributed by atoms with van der Waals surface area (Å²) >= 11 is 0. The second kappa shape index (κ2) is 7.97. The summed E-state index contributed by atoms with van der Waals surface area (Å²) in [6.45, 7) is 1.90. The van der Waals surface area contributed by atoms with E-state index in [1.165, 1.54) is 0 Å². The Hall–Kier alpha value is -2.20. The highest BCUT2D eigenvalue weighted by molar-refractivity contribution is 5.84. The molecule has 1 aromatic rings. The van der Waals surface area contributed by atoms with E-state index in [2.05, 4.69) is 10.4 Å². The lowest BCUT2D eigenvalue weighted by molar-refractivity contribution is -0.122. The van der Waals surface area contributed by atoms with Crippen molar-refractivity contribution in [1.82, 2.24) is 10.4 Å². The van der Waals surface area contributed by atoms with E-state index >= 15 is 0 Å². The number of aromatic nitrogens is 1. The van der Waals surface area contributed by atoms with Crippen LogP contribution >= 0.6 is 0 Å². The van der Waals surface area contributed by atoms with E-state index in [-0.39, 0.29) is 11.8 Å². The summed E-state index contributed by atoms with van der Waals surface area (Å²) in [5.74, 6) is 4.63. The summed E-state index contributed by atoms with van der Waals surface area (Å²) in [5, 5.41) is 0. The fourth-order valence-corrected chi connectivity index (χ4v) is 1.47. The van der Waals surface area contributed by atoms with Gasteiger partial charge in [-0.3, -0.25) is 15.2 Å². The summed E-state index contributed by atoms with van der Waals surface area (Å²) in [7, 11) is 0. The molecular formula is C14H17N3O. The van der Waals surface area contributed by atoms with Crippen LogP contribution in [0.15, 0.2) is 66.5 Å². The Balaban J connectivity index is 0.000000225. The second-order valence-electron chi connectivity index (χ2n) is 3.54.